The van der Waals surface area contributed by atoms with E-state index in [0.717, 1.165) is 48.5 Å². The summed E-state index contributed by atoms with van der Waals surface area (Å²) >= 11 is 1.50. The lowest BCUT2D eigenvalue weighted by Crippen LogP contribution is -2.51. The van der Waals surface area contributed by atoms with Gasteiger partial charge in [-0.2, -0.15) is 0 Å². The third-order valence-corrected chi connectivity index (χ3v) is 5.61. The number of thiazole rings is 1. The van der Waals surface area contributed by atoms with Crippen LogP contribution in [0.2, 0.25) is 0 Å². The minimum atomic E-state index is -0.0204. The first kappa shape index (κ1) is 18.9. The highest BCUT2D eigenvalue weighted by Crippen LogP contribution is 2.28. The minimum absolute atomic E-state index is 0.00241. The fourth-order valence-corrected chi connectivity index (χ4v) is 4.12. The fraction of sp³-hybridized carbons (Fsp3) is 0.500. The van der Waals surface area contributed by atoms with Crippen LogP contribution in [-0.4, -0.2) is 41.0 Å². The molecule has 1 amide bonds. The normalized spacial score (nSPS) is 18.6. The van der Waals surface area contributed by atoms with Gasteiger partial charge in [-0.15, -0.1) is 11.3 Å². The summed E-state index contributed by atoms with van der Waals surface area (Å²) in [5, 5.41) is 2.70. The van der Waals surface area contributed by atoms with E-state index >= 15 is 0 Å². The van der Waals surface area contributed by atoms with E-state index in [9.17, 15) is 4.79 Å². The van der Waals surface area contributed by atoms with Gasteiger partial charge in [0.2, 0.25) is 0 Å². The van der Waals surface area contributed by atoms with Crippen molar-refractivity contribution in [3.05, 3.63) is 35.3 Å². The molecule has 3 rings (SSSR count). The lowest BCUT2D eigenvalue weighted by Gasteiger charge is -2.37. The van der Waals surface area contributed by atoms with Crippen molar-refractivity contribution < 1.29 is 9.53 Å². The minimum Gasteiger partial charge on any atom is -0.494 e. The number of aromatic nitrogens is 1. The van der Waals surface area contributed by atoms with Gasteiger partial charge in [0, 0.05) is 29.6 Å². The zero-order chi connectivity index (χ0) is 18.5. The summed E-state index contributed by atoms with van der Waals surface area (Å²) in [6.07, 6.45) is 4.12. The van der Waals surface area contributed by atoms with Gasteiger partial charge in [0.05, 0.1) is 6.61 Å². The lowest BCUT2D eigenvalue weighted by molar-refractivity contribution is 0.0578. The Morgan fingerprint density at radius 1 is 1.38 bits per heavy atom. The number of likely N-dealkylation sites (tertiary alicyclic amines) is 1. The predicted molar refractivity (Wildman–Crippen MR) is 106 cm³/mol. The summed E-state index contributed by atoms with van der Waals surface area (Å²) in [7, 11) is 0. The van der Waals surface area contributed by atoms with Crippen molar-refractivity contribution in [3.63, 3.8) is 0 Å². The summed E-state index contributed by atoms with van der Waals surface area (Å²) in [5.74, 6) is 0.856. The molecule has 0 bridgehead atoms. The van der Waals surface area contributed by atoms with E-state index in [4.69, 9.17) is 10.5 Å². The van der Waals surface area contributed by atoms with E-state index in [1.165, 1.54) is 11.3 Å². The molecular weight excluding hydrogens is 346 g/mol. The molecule has 140 valence electrons. The molecule has 2 N–H and O–H groups in total. The Morgan fingerprint density at radius 3 is 2.85 bits per heavy atom. The van der Waals surface area contributed by atoms with Crippen LogP contribution in [-0.2, 0) is 0 Å². The van der Waals surface area contributed by atoms with Gasteiger partial charge in [0.25, 0.3) is 5.91 Å². The van der Waals surface area contributed by atoms with E-state index in [-0.39, 0.29) is 18.0 Å². The number of amides is 1. The lowest BCUT2D eigenvalue weighted by atomic mass is 9.96. The molecule has 2 unspecified atom stereocenters. The smallest absolute Gasteiger partial charge is 0.273 e. The topological polar surface area (TPSA) is 68.5 Å². The predicted octanol–water partition coefficient (Wildman–Crippen LogP) is 3.94. The van der Waals surface area contributed by atoms with Gasteiger partial charge in [0.15, 0.2) is 0 Å². The molecule has 5 nitrogen and oxygen atoms in total. The zero-order valence-electron chi connectivity index (χ0n) is 15.5. The molecule has 1 aliphatic heterocycles. The molecule has 2 heterocycles. The number of hydrogen-bond acceptors (Lipinski definition) is 5. The summed E-state index contributed by atoms with van der Waals surface area (Å²) < 4.78 is 5.61. The highest BCUT2D eigenvalue weighted by Gasteiger charge is 2.31. The molecule has 6 heteroatoms. The largest absolute Gasteiger partial charge is 0.494 e. The number of nitrogens with zero attached hydrogens (tertiary/aromatic N) is 2. The second-order valence-electron chi connectivity index (χ2n) is 6.83. The number of ether oxygens (including phenoxy) is 1. The van der Waals surface area contributed by atoms with Crippen molar-refractivity contribution in [2.75, 3.05) is 13.2 Å². The van der Waals surface area contributed by atoms with Crippen LogP contribution in [0.15, 0.2) is 29.6 Å². The van der Waals surface area contributed by atoms with Gasteiger partial charge in [-0.25, -0.2) is 4.98 Å². The van der Waals surface area contributed by atoms with Crippen molar-refractivity contribution >= 4 is 17.2 Å². The number of rotatable bonds is 6. The maximum atomic E-state index is 12.9. The molecule has 0 spiro atoms. The Morgan fingerprint density at radius 2 is 2.15 bits per heavy atom. The first-order chi connectivity index (χ1) is 12.6. The first-order valence-corrected chi connectivity index (χ1v) is 10.2. The van der Waals surface area contributed by atoms with E-state index in [1.54, 1.807) is 0 Å². The van der Waals surface area contributed by atoms with Crippen LogP contribution in [0.1, 0.15) is 50.0 Å². The second kappa shape index (κ2) is 8.64. The molecule has 0 radical (unpaired) electrons. The van der Waals surface area contributed by atoms with Crippen LogP contribution in [0, 0.1) is 0 Å². The zero-order valence-corrected chi connectivity index (χ0v) is 16.3. The fourth-order valence-electron chi connectivity index (χ4n) is 3.32. The molecule has 0 saturated carbocycles. The number of piperidine rings is 1. The summed E-state index contributed by atoms with van der Waals surface area (Å²) in [5.41, 5.74) is 7.61. The highest BCUT2D eigenvalue weighted by molar-refractivity contribution is 7.13. The highest BCUT2D eigenvalue weighted by atomic mass is 32.1. The third-order valence-electron chi connectivity index (χ3n) is 4.71. The molecule has 1 aromatic heterocycles. The monoisotopic (exact) mass is 373 g/mol. The Balaban J connectivity index is 1.73. The van der Waals surface area contributed by atoms with Crippen molar-refractivity contribution in [1.82, 2.24) is 9.88 Å². The Hall–Kier alpha value is -1.92. The van der Waals surface area contributed by atoms with Gasteiger partial charge in [-0.1, -0.05) is 6.92 Å². The molecule has 1 aromatic carbocycles. The van der Waals surface area contributed by atoms with Crippen molar-refractivity contribution in [1.29, 1.82) is 0 Å². The van der Waals surface area contributed by atoms with Gasteiger partial charge < -0.3 is 15.4 Å². The molecule has 0 aliphatic carbocycles. The maximum absolute atomic E-state index is 12.9. The quantitative estimate of drug-likeness (QED) is 0.833. The Labute approximate surface area is 159 Å². The molecule has 1 fully saturated rings. The van der Waals surface area contributed by atoms with Gasteiger partial charge in [-0.05, 0) is 56.9 Å². The first-order valence-electron chi connectivity index (χ1n) is 9.35. The van der Waals surface area contributed by atoms with E-state index < -0.39 is 0 Å². The number of carbonyl (C=O) groups is 1. The number of benzene rings is 1. The molecule has 2 atom stereocenters. The van der Waals surface area contributed by atoms with Crippen LogP contribution in [0.25, 0.3) is 10.6 Å². The van der Waals surface area contributed by atoms with Gasteiger partial charge in [0.1, 0.15) is 16.5 Å². The SMILES string of the molecule is CCCOc1ccc(-c2nc(C(=O)N3CCCCC3C(C)N)cs2)cc1. The second-order valence-corrected chi connectivity index (χ2v) is 7.69. The Bertz CT molecular complexity index is 727. The summed E-state index contributed by atoms with van der Waals surface area (Å²) in [4.78, 5) is 19.4. The van der Waals surface area contributed by atoms with Crippen LogP contribution < -0.4 is 10.5 Å². The molecule has 2 aromatic rings. The average molecular weight is 374 g/mol. The van der Waals surface area contributed by atoms with E-state index in [0.29, 0.717) is 12.3 Å². The van der Waals surface area contributed by atoms with Gasteiger partial charge >= 0.3 is 0 Å². The number of hydrogen-bond donors (Lipinski definition) is 1. The third kappa shape index (κ3) is 4.24. The summed E-state index contributed by atoms with van der Waals surface area (Å²) in [6, 6.07) is 7.97. The van der Waals surface area contributed by atoms with Gasteiger partial charge in [-0.3, -0.25) is 4.79 Å². The van der Waals surface area contributed by atoms with Crippen LogP contribution in [0.5, 0.6) is 5.75 Å². The Kier molecular flexibility index (Phi) is 6.27. The maximum Gasteiger partial charge on any atom is 0.273 e. The number of nitrogens with two attached hydrogens (primary N) is 1. The van der Waals surface area contributed by atoms with E-state index in [2.05, 4.69) is 11.9 Å². The van der Waals surface area contributed by atoms with E-state index in [1.807, 2.05) is 41.5 Å². The van der Waals surface area contributed by atoms with Crippen LogP contribution in [0.3, 0.4) is 0 Å². The molecule has 26 heavy (non-hydrogen) atoms. The van der Waals surface area contributed by atoms with Crippen LogP contribution in [0.4, 0.5) is 0 Å². The number of carbonyl (C=O) groups excluding carboxylic acids is 1. The average Bonchev–Trinajstić information content (AvgIpc) is 3.16. The standard InChI is InChI=1S/C20H27N3O2S/c1-3-12-25-16-9-7-15(8-10-16)19-22-17(13-26-19)20(24)23-11-5-4-6-18(23)14(2)21/h7-10,13-14,18H,3-6,11-12,21H2,1-2H3. The van der Waals surface area contributed by atoms with Crippen molar-refractivity contribution in [2.24, 2.45) is 5.73 Å². The summed E-state index contributed by atoms with van der Waals surface area (Å²) in [6.45, 7) is 5.54. The van der Waals surface area contributed by atoms with Crippen LogP contribution >= 0.6 is 11.3 Å². The molecular formula is C20H27N3O2S. The van der Waals surface area contributed by atoms with Crippen molar-refractivity contribution in [2.45, 2.75) is 51.6 Å². The molecule has 1 saturated heterocycles. The van der Waals surface area contributed by atoms with Crippen molar-refractivity contribution in [3.8, 4) is 16.3 Å². The molecule has 1 aliphatic rings.